The second-order valence-electron chi connectivity index (χ2n) is 6.65. The smallest absolute Gasteiger partial charge is 0.247 e. The summed E-state index contributed by atoms with van der Waals surface area (Å²) in [6.45, 7) is 3.65. The second-order valence-corrected chi connectivity index (χ2v) is 9.38. The number of unbranched alkanes of at least 4 members (excludes halogenated alkanes) is 1. The predicted octanol–water partition coefficient (Wildman–Crippen LogP) is 5.13. The van der Waals surface area contributed by atoms with Crippen molar-refractivity contribution < 1.29 is 13.2 Å². The Morgan fingerprint density at radius 3 is 2.18 bits per heavy atom. The van der Waals surface area contributed by atoms with E-state index in [1.165, 1.54) is 30.7 Å². The van der Waals surface area contributed by atoms with Crippen LogP contribution in [0.4, 0.5) is 11.4 Å². The maximum absolute atomic E-state index is 12.7. The van der Waals surface area contributed by atoms with Crippen LogP contribution in [0.3, 0.4) is 0 Å². The molecule has 8 heteroatoms. The average Bonchev–Trinajstić information content (AvgIpc) is 2.59. The number of nitrogens with zero attached hydrogens (tertiary/aromatic N) is 1. The summed E-state index contributed by atoms with van der Waals surface area (Å²) in [6, 6.07) is 11.0. The minimum atomic E-state index is -3.75. The quantitative estimate of drug-likeness (QED) is 0.615. The fraction of sp³-hybridized carbons (Fsp3) is 0.350. The van der Waals surface area contributed by atoms with Crippen molar-refractivity contribution in [1.82, 2.24) is 0 Å². The summed E-state index contributed by atoms with van der Waals surface area (Å²) in [6.07, 6.45) is 4.24. The topological polar surface area (TPSA) is 66.5 Å². The first-order valence-corrected chi connectivity index (χ1v) is 11.6. The number of anilines is 2. The van der Waals surface area contributed by atoms with Crippen molar-refractivity contribution in [2.45, 2.75) is 39.2 Å². The normalized spacial score (nSPS) is 12.5. The van der Waals surface area contributed by atoms with Crippen LogP contribution in [0.1, 0.15) is 32.3 Å². The molecule has 0 saturated heterocycles. The zero-order valence-corrected chi connectivity index (χ0v) is 18.4. The van der Waals surface area contributed by atoms with Gasteiger partial charge in [0.1, 0.15) is 6.04 Å². The number of hydrogen-bond acceptors (Lipinski definition) is 3. The van der Waals surface area contributed by atoms with Crippen molar-refractivity contribution in [1.29, 1.82) is 0 Å². The number of halogens is 2. The van der Waals surface area contributed by atoms with E-state index in [-0.39, 0.29) is 15.7 Å². The lowest BCUT2D eigenvalue weighted by Crippen LogP contribution is -2.45. The number of benzene rings is 2. The van der Waals surface area contributed by atoms with E-state index in [9.17, 15) is 13.2 Å². The van der Waals surface area contributed by atoms with Gasteiger partial charge in [0, 0.05) is 15.7 Å². The Kier molecular flexibility index (Phi) is 7.75. The molecule has 0 aliphatic heterocycles. The molecule has 0 aromatic heterocycles. The molecule has 0 aliphatic rings. The van der Waals surface area contributed by atoms with Gasteiger partial charge in [-0.2, -0.15) is 0 Å². The minimum Gasteiger partial charge on any atom is -0.324 e. The highest BCUT2D eigenvalue weighted by molar-refractivity contribution is 7.92. The first kappa shape index (κ1) is 22.5. The highest BCUT2D eigenvalue weighted by atomic mass is 35.5. The summed E-state index contributed by atoms with van der Waals surface area (Å²) in [5.41, 5.74) is 2.03. The zero-order valence-electron chi connectivity index (χ0n) is 16.1. The fourth-order valence-electron chi connectivity index (χ4n) is 2.86. The van der Waals surface area contributed by atoms with Gasteiger partial charge >= 0.3 is 0 Å². The number of hydrogen-bond donors (Lipinski definition) is 1. The van der Waals surface area contributed by atoms with Crippen LogP contribution in [0.15, 0.2) is 42.5 Å². The largest absolute Gasteiger partial charge is 0.324 e. The third kappa shape index (κ3) is 6.12. The Hall–Kier alpha value is -1.76. The van der Waals surface area contributed by atoms with Gasteiger partial charge in [0.2, 0.25) is 15.9 Å². The lowest BCUT2D eigenvalue weighted by molar-refractivity contribution is -0.116. The molecule has 0 aliphatic carbocycles. The van der Waals surface area contributed by atoms with E-state index in [2.05, 4.69) is 12.2 Å². The molecule has 0 radical (unpaired) electrons. The first-order valence-electron chi connectivity index (χ1n) is 8.97. The molecule has 1 amide bonds. The van der Waals surface area contributed by atoms with Crippen LogP contribution >= 0.6 is 23.2 Å². The maximum atomic E-state index is 12.7. The third-order valence-corrected chi connectivity index (χ3v) is 5.91. The lowest BCUT2D eigenvalue weighted by Gasteiger charge is -2.28. The summed E-state index contributed by atoms with van der Waals surface area (Å²) in [5, 5.41) is 3.33. The Bertz CT molecular complexity index is 911. The van der Waals surface area contributed by atoms with Crippen molar-refractivity contribution >= 4 is 50.5 Å². The number of sulfonamides is 1. The monoisotopic (exact) mass is 442 g/mol. The van der Waals surface area contributed by atoms with Crippen LogP contribution in [0.2, 0.25) is 10.0 Å². The molecular weight excluding hydrogens is 419 g/mol. The molecule has 2 aromatic carbocycles. The zero-order chi connectivity index (χ0) is 20.9. The van der Waals surface area contributed by atoms with Crippen molar-refractivity contribution in [2.24, 2.45) is 0 Å². The highest BCUT2D eigenvalue weighted by Gasteiger charge is 2.29. The summed E-state index contributed by atoms with van der Waals surface area (Å²) < 4.78 is 25.7. The molecule has 0 heterocycles. The van der Waals surface area contributed by atoms with Crippen LogP contribution < -0.4 is 9.62 Å². The van der Waals surface area contributed by atoms with Gasteiger partial charge < -0.3 is 5.32 Å². The number of nitrogens with one attached hydrogen (secondary N) is 1. The Labute approximate surface area is 176 Å². The number of carbonyl (C=O) groups is 1. The van der Waals surface area contributed by atoms with Crippen molar-refractivity contribution in [3.05, 3.63) is 58.1 Å². The maximum Gasteiger partial charge on any atom is 0.247 e. The van der Waals surface area contributed by atoms with Crippen LogP contribution in [0.5, 0.6) is 0 Å². The van der Waals surface area contributed by atoms with E-state index in [1.807, 2.05) is 24.3 Å². The molecule has 0 bridgehead atoms. The molecule has 0 fully saturated rings. The first-order chi connectivity index (χ1) is 13.1. The van der Waals surface area contributed by atoms with Gasteiger partial charge in [-0.1, -0.05) is 48.7 Å². The third-order valence-electron chi connectivity index (χ3n) is 4.23. The van der Waals surface area contributed by atoms with E-state index >= 15 is 0 Å². The molecule has 0 saturated carbocycles. The molecule has 1 N–H and O–H groups in total. The summed E-state index contributed by atoms with van der Waals surface area (Å²) in [4.78, 5) is 12.7. The van der Waals surface area contributed by atoms with Crippen LogP contribution in [0, 0.1) is 0 Å². The summed E-state index contributed by atoms with van der Waals surface area (Å²) in [5.74, 6) is -0.456. The molecule has 28 heavy (non-hydrogen) atoms. The van der Waals surface area contributed by atoms with Gasteiger partial charge in [-0.15, -0.1) is 0 Å². The van der Waals surface area contributed by atoms with Crippen LogP contribution in [-0.2, 0) is 21.2 Å². The minimum absolute atomic E-state index is 0.234. The van der Waals surface area contributed by atoms with Gasteiger partial charge in [-0.3, -0.25) is 9.10 Å². The molecular formula is C20H24Cl2N2O3S. The van der Waals surface area contributed by atoms with Gasteiger partial charge in [0.25, 0.3) is 0 Å². The Morgan fingerprint density at radius 2 is 1.68 bits per heavy atom. The molecule has 0 unspecified atom stereocenters. The highest BCUT2D eigenvalue weighted by Crippen LogP contribution is 2.29. The molecule has 152 valence electrons. The second kappa shape index (κ2) is 9.63. The van der Waals surface area contributed by atoms with Gasteiger partial charge in [0.15, 0.2) is 0 Å². The lowest BCUT2D eigenvalue weighted by atomic mass is 10.1. The number of aryl methyl sites for hydroxylation is 1. The van der Waals surface area contributed by atoms with Gasteiger partial charge in [-0.05, 0) is 55.7 Å². The van der Waals surface area contributed by atoms with E-state index in [1.54, 1.807) is 0 Å². The fourth-order valence-corrected chi connectivity index (χ4v) is 4.53. The van der Waals surface area contributed by atoms with Crippen molar-refractivity contribution in [3.8, 4) is 0 Å². The number of carbonyl (C=O) groups excluding carboxylic acids is 1. The standard InChI is InChI=1S/C20H24Cl2N2O3S/c1-4-5-6-15-7-9-18(10-8-15)23-20(25)14(2)24(28(3,26)27)19-12-16(21)11-17(22)13-19/h7-14H,4-6H2,1-3H3,(H,23,25)/t14-/m1/s1. The van der Waals surface area contributed by atoms with Gasteiger partial charge in [0.05, 0.1) is 11.9 Å². The predicted molar refractivity (Wildman–Crippen MR) is 117 cm³/mol. The SMILES string of the molecule is CCCCc1ccc(NC(=O)[C@@H](C)N(c2cc(Cl)cc(Cl)c2)S(C)(=O)=O)cc1. The van der Waals surface area contributed by atoms with E-state index in [4.69, 9.17) is 23.2 Å². The van der Waals surface area contributed by atoms with Gasteiger partial charge in [-0.25, -0.2) is 8.42 Å². The van der Waals surface area contributed by atoms with Crippen molar-refractivity contribution in [3.63, 3.8) is 0 Å². The van der Waals surface area contributed by atoms with E-state index in [0.29, 0.717) is 5.69 Å². The number of amides is 1. The molecule has 2 aromatic rings. The van der Waals surface area contributed by atoms with Crippen molar-refractivity contribution in [2.75, 3.05) is 15.9 Å². The van der Waals surface area contributed by atoms with E-state index in [0.717, 1.165) is 29.8 Å². The van der Waals surface area contributed by atoms with E-state index < -0.39 is 22.0 Å². The Morgan fingerprint density at radius 1 is 1.11 bits per heavy atom. The molecule has 5 nitrogen and oxygen atoms in total. The molecule has 0 spiro atoms. The number of rotatable bonds is 8. The molecule has 2 rings (SSSR count). The average molecular weight is 443 g/mol. The van der Waals surface area contributed by atoms with Crippen LogP contribution in [-0.4, -0.2) is 26.6 Å². The Balaban J connectivity index is 2.22. The molecule has 1 atom stereocenters. The van der Waals surface area contributed by atoms with Crippen LogP contribution in [0.25, 0.3) is 0 Å². The summed E-state index contributed by atoms with van der Waals surface area (Å²) in [7, 11) is -3.75. The summed E-state index contributed by atoms with van der Waals surface area (Å²) >= 11 is 12.0.